The van der Waals surface area contributed by atoms with Crippen molar-refractivity contribution in [2.24, 2.45) is 0 Å². The molecule has 17 heavy (non-hydrogen) atoms. The number of rotatable bonds is 3. The van der Waals surface area contributed by atoms with Crippen LogP contribution in [0.15, 0.2) is 18.2 Å². The molecule has 1 aromatic rings. The quantitative estimate of drug-likeness (QED) is 0.896. The van der Waals surface area contributed by atoms with Crippen molar-refractivity contribution in [2.45, 2.75) is 25.4 Å². The molecule has 1 unspecified atom stereocenters. The maximum Gasteiger partial charge on any atom is 0.103 e. The number of anilines is 1. The predicted molar refractivity (Wildman–Crippen MR) is 68.2 cm³/mol. The van der Waals surface area contributed by atoms with E-state index >= 15 is 0 Å². The molecule has 1 aliphatic heterocycles. The van der Waals surface area contributed by atoms with Crippen LogP contribution in [0.2, 0.25) is 5.02 Å². The summed E-state index contributed by atoms with van der Waals surface area (Å²) in [5.74, 6) is 0. The molecular formula is C13H15ClN2O. The molecule has 2 rings (SSSR count). The van der Waals surface area contributed by atoms with Gasteiger partial charge in [0.2, 0.25) is 0 Å². The van der Waals surface area contributed by atoms with E-state index < -0.39 is 0 Å². The first-order valence-corrected chi connectivity index (χ1v) is 6.23. The van der Waals surface area contributed by atoms with Crippen LogP contribution in [0.25, 0.3) is 0 Å². The molecule has 90 valence electrons. The molecule has 1 saturated heterocycles. The molecule has 0 aliphatic carbocycles. The first-order chi connectivity index (χ1) is 8.31. The van der Waals surface area contributed by atoms with Gasteiger partial charge < -0.3 is 10.1 Å². The second-order valence-corrected chi connectivity index (χ2v) is 4.55. The number of hydrogen-bond donors (Lipinski definition) is 1. The minimum Gasteiger partial charge on any atom is -0.381 e. The Morgan fingerprint density at radius 2 is 2.35 bits per heavy atom. The Balaban J connectivity index is 1.99. The minimum atomic E-state index is 0.245. The van der Waals surface area contributed by atoms with Gasteiger partial charge in [0.25, 0.3) is 0 Å². The Kier molecular flexibility index (Phi) is 4.24. The fourth-order valence-electron chi connectivity index (χ4n) is 1.98. The maximum absolute atomic E-state index is 9.03. The van der Waals surface area contributed by atoms with E-state index in [0.717, 1.165) is 31.7 Å². The van der Waals surface area contributed by atoms with Gasteiger partial charge in [0.1, 0.15) is 6.07 Å². The third kappa shape index (κ3) is 3.12. The summed E-state index contributed by atoms with van der Waals surface area (Å²) >= 11 is 5.96. The van der Waals surface area contributed by atoms with Crippen molar-refractivity contribution in [2.75, 3.05) is 18.5 Å². The molecule has 0 radical (unpaired) electrons. The van der Waals surface area contributed by atoms with Crippen molar-refractivity contribution in [3.63, 3.8) is 0 Å². The van der Waals surface area contributed by atoms with E-state index in [1.165, 1.54) is 6.42 Å². The monoisotopic (exact) mass is 250 g/mol. The molecule has 0 saturated carbocycles. The number of nitrogens with one attached hydrogen (secondary N) is 1. The molecule has 1 atom stereocenters. The van der Waals surface area contributed by atoms with Gasteiger partial charge in [0, 0.05) is 13.2 Å². The van der Waals surface area contributed by atoms with Gasteiger partial charge in [0.05, 0.1) is 22.4 Å². The zero-order valence-electron chi connectivity index (χ0n) is 9.58. The zero-order valence-corrected chi connectivity index (χ0v) is 10.3. The van der Waals surface area contributed by atoms with Crippen molar-refractivity contribution in [1.82, 2.24) is 0 Å². The summed E-state index contributed by atoms with van der Waals surface area (Å²) in [7, 11) is 0. The van der Waals surface area contributed by atoms with E-state index in [2.05, 4.69) is 11.4 Å². The normalized spacial score (nSPS) is 19.6. The van der Waals surface area contributed by atoms with Crippen molar-refractivity contribution >= 4 is 17.3 Å². The Morgan fingerprint density at radius 3 is 3.06 bits per heavy atom. The number of hydrogen-bond acceptors (Lipinski definition) is 3. The van der Waals surface area contributed by atoms with E-state index in [4.69, 9.17) is 21.6 Å². The van der Waals surface area contributed by atoms with Crippen LogP contribution in [0.1, 0.15) is 24.8 Å². The molecular weight excluding hydrogens is 236 g/mol. The van der Waals surface area contributed by atoms with Gasteiger partial charge in [0.15, 0.2) is 0 Å². The Bertz CT molecular complexity index is 422. The summed E-state index contributed by atoms with van der Waals surface area (Å²) in [6.45, 7) is 1.57. The van der Waals surface area contributed by atoms with Crippen LogP contribution in [0.3, 0.4) is 0 Å². The van der Waals surface area contributed by atoms with Gasteiger partial charge in [-0.1, -0.05) is 17.7 Å². The highest BCUT2D eigenvalue weighted by Crippen LogP contribution is 2.23. The van der Waals surface area contributed by atoms with E-state index in [1.54, 1.807) is 6.07 Å². The van der Waals surface area contributed by atoms with Crippen molar-refractivity contribution in [1.29, 1.82) is 5.26 Å². The van der Waals surface area contributed by atoms with E-state index in [1.807, 2.05) is 12.1 Å². The van der Waals surface area contributed by atoms with E-state index in [9.17, 15) is 0 Å². The first kappa shape index (κ1) is 12.2. The lowest BCUT2D eigenvalue weighted by molar-refractivity contribution is 0.0247. The molecule has 0 spiro atoms. The second-order valence-electron chi connectivity index (χ2n) is 4.14. The third-order valence-electron chi connectivity index (χ3n) is 2.92. The number of ether oxygens (including phenoxy) is 1. The SMILES string of the molecule is N#Cc1c(Cl)cccc1NCC1CCCCO1. The minimum absolute atomic E-state index is 0.245. The topological polar surface area (TPSA) is 45.0 Å². The van der Waals surface area contributed by atoms with Crippen LogP contribution in [0.4, 0.5) is 5.69 Å². The van der Waals surface area contributed by atoms with Crippen LogP contribution in [0.5, 0.6) is 0 Å². The van der Waals surface area contributed by atoms with Crippen molar-refractivity contribution < 1.29 is 4.74 Å². The average Bonchev–Trinajstić information content (AvgIpc) is 2.37. The van der Waals surface area contributed by atoms with Crippen LogP contribution in [-0.2, 0) is 4.74 Å². The van der Waals surface area contributed by atoms with E-state index in [0.29, 0.717) is 10.6 Å². The molecule has 0 aromatic heterocycles. The molecule has 1 heterocycles. The highest BCUT2D eigenvalue weighted by Gasteiger charge is 2.14. The standard InChI is InChI=1S/C13H15ClN2O/c14-12-5-3-6-13(11(12)8-15)16-9-10-4-1-2-7-17-10/h3,5-6,10,16H,1-2,4,7,9H2. The molecule has 0 amide bonds. The first-order valence-electron chi connectivity index (χ1n) is 5.85. The van der Waals surface area contributed by atoms with Gasteiger partial charge in [-0.25, -0.2) is 0 Å². The van der Waals surface area contributed by atoms with Crippen molar-refractivity contribution in [3.8, 4) is 6.07 Å². The van der Waals surface area contributed by atoms with Gasteiger partial charge in [-0.2, -0.15) is 5.26 Å². The lowest BCUT2D eigenvalue weighted by atomic mass is 10.1. The van der Waals surface area contributed by atoms with Crippen LogP contribution in [0, 0.1) is 11.3 Å². The number of nitriles is 1. The Labute approximate surface area is 106 Å². The number of benzene rings is 1. The summed E-state index contributed by atoms with van der Waals surface area (Å²) in [4.78, 5) is 0. The van der Waals surface area contributed by atoms with Crippen LogP contribution < -0.4 is 5.32 Å². The van der Waals surface area contributed by atoms with Crippen molar-refractivity contribution in [3.05, 3.63) is 28.8 Å². The van der Waals surface area contributed by atoms with Crippen LogP contribution >= 0.6 is 11.6 Å². The smallest absolute Gasteiger partial charge is 0.103 e. The zero-order chi connectivity index (χ0) is 12.1. The van der Waals surface area contributed by atoms with Gasteiger partial charge in [-0.3, -0.25) is 0 Å². The van der Waals surface area contributed by atoms with Gasteiger partial charge in [-0.05, 0) is 31.4 Å². The van der Waals surface area contributed by atoms with Crippen LogP contribution in [-0.4, -0.2) is 19.3 Å². The number of nitrogens with zero attached hydrogens (tertiary/aromatic N) is 1. The number of halogens is 1. The molecule has 3 nitrogen and oxygen atoms in total. The molecule has 0 bridgehead atoms. The van der Waals surface area contributed by atoms with Gasteiger partial charge in [-0.15, -0.1) is 0 Å². The third-order valence-corrected chi connectivity index (χ3v) is 3.23. The summed E-state index contributed by atoms with van der Waals surface area (Å²) in [6, 6.07) is 7.55. The summed E-state index contributed by atoms with van der Waals surface area (Å²) in [5, 5.41) is 12.8. The molecule has 1 N–H and O–H groups in total. The molecule has 1 aromatic carbocycles. The Morgan fingerprint density at radius 1 is 1.47 bits per heavy atom. The molecule has 4 heteroatoms. The maximum atomic E-state index is 9.03. The lowest BCUT2D eigenvalue weighted by Crippen LogP contribution is -2.27. The lowest BCUT2D eigenvalue weighted by Gasteiger charge is -2.23. The summed E-state index contributed by atoms with van der Waals surface area (Å²) < 4.78 is 5.63. The Hall–Kier alpha value is -1.24. The summed E-state index contributed by atoms with van der Waals surface area (Å²) in [6.07, 6.45) is 3.69. The molecule has 1 fully saturated rings. The highest BCUT2D eigenvalue weighted by atomic mass is 35.5. The van der Waals surface area contributed by atoms with E-state index in [-0.39, 0.29) is 6.10 Å². The summed E-state index contributed by atoms with van der Waals surface area (Å²) in [5.41, 5.74) is 1.29. The molecule has 1 aliphatic rings. The highest BCUT2D eigenvalue weighted by molar-refractivity contribution is 6.32. The van der Waals surface area contributed by atoms with Gasteiger partial charge >= 0.3 is 0 Å². The second kappa shape index (κ2) is 5.90. The average molecular weight is 251 g/mol. The fraction of sp³-hybridized carbons (Fsp3) is 0.462. The largest absolute Gasteiger partial charge is 0.381 e. The predicted octanol–water partition coefficient (Wildman–Crippen LogP) is 3.19. The fourth-order valence-corrected chi connectivity index (χ4v) is 2.19.